The molecule has 0 aliphatic heterocycles. The van der Waals surface area contributed by atoms with Gasteiger partial charge in [-0.15, -0.1) is 0 Å². The number of hydrogen-bond donors (Lipinski definition) is 1. The summed E-state index contributed by atoms with van der Waals surface area (Å²) in [5.74, 6) is 3.13. The Balaban J connectivity index is 1.51. The summed E-state index contributed by atoms with van der Waals surface area (Å²) in [6, 6.07) is 0. The molecule has 2 unspecified atom stereocenters. The minimum atomic E-state index is 0.218. The first-order chi connectivity index (χ1) is 7.74. The predicted molar refractivity (Wildman–Crippen MR) is 59.4 cm³/mol. The van der Waals surface area contributed by atoms with E-state index in [1.54, 1.807) is 6.20 Å². The standard InChI is InChI=1S/C12H17N3O/c1-15-3-2-13-11(15)7-14-12(16)10-5-8-4-9(8)6-10/h2-3,8-10H,4-7H2,1H3,(H,14,16). The van der Waals surface area contributed by atoms with Gasteiger partial charge in [0, 0.05) is 25.4 Å². The third-order valence-corrected chi connectivity index (χ3v) is 3.96. The van der Waals surface area contributed by atoms with Crippen LogP contribution in [0, 0.1) is 17.8 Å². The molecule has 0 spiro atoms. The first-order valence-electron chi connectivity index (χ1n) is 5.98. The van der Waals surface area contributed by atoms with Gasteiger partial charge < -0.3 is 9.88 Å². The van der Waals surface area contributed by atoms with Crippen molar-refractivity contribution in [3.05, 3.63) is 18.2 Å². The van der Waals surface area contributed by atoms with Crippen LogP contribution in [0.3, 0.4) is 0 Å². The SMILES string of the molecule is Cn1ccnc1CNC(=O)C1CC2CC2C1. The van der Waals surface area contributed by atoms with Crippen LogP contribution in [0.1, 0.15) is 25.1 Å². The summed E-state index contributed by atoms with van der Waals surface area (Å²) in [6.45, 7) is 0.550. The van der Waals surface area contributed by atoms with Crippen molar-refractivity contribution in [2.24, 2.45) is 24.8 Å². The molecule has 1 aromatic heterocycles. The lowest BCUT2D eigenvalue weighted by Gasteiger charge is -2.11. The maximum Gasteiger partial charge on any atom is 0.223 e. The Labute approximate surface area is 95.1 Å². The molecular weight excluding hydrogens is 202 g/mol. The largest absolute Gasteiger partial charge is 0.349 e. The number of rotatable bonds is 3. The van der Waals surface area contributed by atoms with Crippen LogP contribution in [0.5, 0.6) is 0 Å². The molecule has 0 radical (unpaired) electrons. The highest BCUT2D eigenvalue weighted by molar-refractivity contribution is 5.79. The molecule has 0 bridgehead atoms. The van der Waals surface area contributed by atoms with Crippen LogP contribution in [-0.2, 0) is 18.4 Å². The zero-order valence-corrected chi connectivity index (χ0v) is 9.52. The molecule has 2 aliphatic carbocycles. The lowest BCUT2D eigenvalue weighted by Crippen LogP contribution is -2.30. The Morgan fingerprint density at radius 2 is 2.25 bits per heavy atom. The molecule has 1 amide bonds. The first-order valence-corrected chi connectivity index (χ1v) is 5.98. The van der Waals surface area contributed by atoms with Crippen LogP contribution in [0.2, 0.25) is 0 Å². The molecule has 2 fully saturated rings. The number of carbonyl (C=O) groups excluding carboxylic acids is 1. The van der Waals surface area contributed by atoms with Crippen molar-refractivity contribution in [3.8, 4) is 0 Å². The molecule has 3 rings (SSSR count). The highest BCUT2D eigenvalue weighted by atomic mass is 16.1. The molecule has 16 heavy (non-hydrogen) atoms. The van der Waals surface area contributed by atoms with Crippen LogP contribution >= 0.6 is 0 Å². The van der Waals surface area contributed by atoms with Gasteiger partial charge in [0.15, 0.2) is 0 Å². The van der Waals surface area contributed by atoms with Crippen molar-refractivity contribution in [1.82, 2.24) is 14.9 Å². The zero-order chi connectivity index (χ0) is 11.1. The summed E-state index contributed by atoms with van der Waals surface area (Å²) in [7, 11) is 1.94. The summed E-state index contributed by atoms with van der Waals surface area (Å²) in [4.78, 5) is 16.1. The Hall–Kier alpha value is -1.32. The summed E-state index contributed by atoms with van der Waals surface area (Å²) in [5.41, 5.74) is 0. The van der Waals surface area contributed by atoms with Crippen molar-refractivity contribution in [1.29, 1.82) is 0 Å². The number of carbonyl (C=O) groups is 1. The van der Waals surface area contributed by atoms with Gasteiger partial charge >= 0.3 is 0 Å². The Bertz CT molecular complexity index is 402. The second-order valence-electron chi connectivity index (χ2n) is 5.10. The Kier molecular flexibility index (Phi) is 2.23. The molecule has 0 saturated heterocycles. The fraction of sp³-hybridized carbons (Fsp3) is 0.667. The van der Waals surface area contributed by atoms with E-state index in [9.17, 15) is 4.79 Å². The summed E-state index contributed by atoms with van der Waals surface area (Å²) < 4.78 is 1.94. The lowest BCUT2D eigenvalue weighted by molar-refractivity contribution is -0.125. The number of aromatic nitrogens is 2. The average Bonchev–Trinajstić information content (AvgIpc) is 2.71. The summed E-state index contributed by atoms with van der Waals surface area (Å²) in [5, 5.41) is 2.99. The van der Waals surface area contributed by atoms with Crippen molar-refractivity contribution < 1.29 is 4.79 Å². The topological polar surface area (TPSA) is 46.9 Å². The van der Waals surface area contributed by atoms with Crippen molar-refractivity contribution in [2.45, 2.75) is 25.8 Å². The zero-order valence-electron chi connectivity index (χ0n) is 9.52. The highest BCUT2D eigenvalue weighted by Crippen LogP contribution is 2.54. The minimum Gasteiger partial charge on any atom is -0.349 e. The van der Waals surface area contributed by atoms with E-state index in [1.807, 2.05) is 17.8 Å². The number of amides is 1. The predicted octanol–water partition coefficient (Wildman–Crippen LogP) is 1.08. The van der Waals surface area contributed by atoms with Crippen molar-refractivity contribution in [3.63, 3.8) is 0 Å². The van der Waals surface area contributed by atoms with Gasteiger partial charge in [-0.3, -0.25) is 4.79 Å². The Morgan fingerprint density at radius 1 is 1.50 bits per heavy atom. The molecule has 4 nitrogen and oxygen atoms in total. The number of fused-ring (bicyclic) bond motifs is 1. The number of imidazole rings is 1. The highest BCUT2D eigenvalue weighted by Gasteiger charge is 2.47. The van der Waals surface area contributed by atoms with Gasteiger partial charge in [-0.25, -0.2) is 4.98 Å². The quantitative estimate of drug-likeness (QED) is 0.827. The molecule has 4 heteroatoms. The minimum absolute atomic E-state index is 0.218. The average molecular weight is 219 g/mol. The van der Waals surface area contributed by atoms with E-state index in [-0.39, 0.29) is 11.8 Å². The number of nitrogens with zero attached hydrogens (tertiary/aromatic N) is 2. The van der Waals surface area contributed by atoms with E-state index in [2.05, 4.69) is 10.3 Å². The van der Waals surface area contributed by atoms with E-state index >= 15 is 0 Å². The third kappa shape index (κ3) is 1.72. The lowest BCUT2D eigenvalue weighted by atomic mass is 10.0. The molecular formula is C12H17N3O. The monoisotopic (exact) mass is 219 g/mol. The summed E-state index contributed by atoms with van der Waals surface area (Å²) >= 11 is 0. The summed E-state index contributed by atoms with van der Waals surface area (Å²) in [6.07, 6.45) is 7.23. The number of hydrogen-bond acceptors (Lipinski definition) is 2. The van der Waals surface area contributed by atoms with E-state index < -0.39 is 0 Å². The van der Waals surface area contributed by atoms with Gasteiger partial charge in [-0.1, -0.05) is 0 Å². The second-order valence-corrected chi connectivity index (χ2v) is 5.10. The second kappa shape index (κ2) is 3.61. The van der Waals surface area contributed by atoms with E-state index in [1.165, 1.54) is 6.42 Å². The van der Waals surface area contributed by atoms with Gasteiger partial charge in [-0.2, -0.15) is 0 Å². The van der Waals surface area contributed by atoms with Crippen LogP contribution < -0.4 is 5.32 Å². The normalized spacial score (nSPS) is 31.2. The van der Waals surface area contributed by atoms with Crippen LogP contribution in [-0.4, -0.2) is 15.5 Å². The van der Waals surface area contributed by atoms with Gasteiger partial charge in [0.05, 0.1) is 6.54 Å². The third-order valence-electron chi connectivity index (χ3n) is 3.96. The van der Waals surface area contributed by atoms with Gasteiger partial charge in [0.2, 0.25) is 5.91 Å². The number of aryl methyl sites for hydroxylation is 1. The molecule has 1 N–H and O–H groups in total. The van der Waals surface area contributed by atoms with Gasteiger partial charge in [-0.05, 0) is 31.1 Å². The van der Waals surface area contributed by atoms with Crippen LogP contribution in [0.4, 0.5) is 0 Å². The maximum atomic E-state index is 11.9. The smallest absolute Gasteiger partial charge is 0.223 e. The van der Waals surface area contributed by atoms with Crippen molar-refractivity contribution >= 4 is 5.91 Å². The van der Waals surface area contributed by atoms with Crippen molar-refractivity contribution in [2.75, 3.05) is 0 Å². The van der Waals surface area contributed by atoms with E-state index in [4.69, 9.17) is 0 Å². The van der Waals surface area contributed by atoms with Crippen LogP contribution in [0.15, 0.2) is 12.4 Å². The Morgan fingerprint density at radius 3 is 2.88 bits per heavy atom. The fourth-order valence-electron chi connectivity index (χ4n) is 2.81. The van der Waals surface area contributed by atoms with Crippen LogP contribution in [0.25, 0.3) is 0 Å². The molecule has 2 saturated carbocycles. The van der Waals surface area contributed by atoms with Gasteiger partial charge in [0.25, 0.3) is 0 Å². The number of nitrogens with one attached hydrogen (secondary N) is 1. The molecule has 2 aliphatic rings. The molecule has 2 atom stereocenters. The molecule has 86 valence electrons. The van der Waals surface area contributed by atoms with E-state index in [0.29, 0.717) is 6.54 Å². The molecule has 0 aromatic carbocycles. The maximum absolute atomic E-state index is 11.9. The molecule has 1 heterocycles. The molecule has 1 aromatic rings. The first kappa shape index (κ1) is 9.87. The van der Waals surface area contributed by atoms with E-state index in [0.717, 1.165) is 30.5 Å². The van der Waals surface area contributed by atoms with Gasteiger partial charge in [0.1, 0.15) is 5.82 Å². The fourth-order valence-corrected chi connectivity index (χ4v) is 2.81.